The topological polar surface area (TPSA) is 33.2 Å². The molecule has 0 radical (unpaired) electrons. The van der Waals surface area contributed by atoms with Crippen molar-refractivity contribution >= 4 is 34.9 Å². The fourth-order valence-electron chi connectivity index (χ4n) is 1.66. The van der Waals surface area contributed by atoms with Crippen molar-refractivity contribution in [1.82, 2.24) is 4.98 Å². The Morgan fingerprint density at radius 1 is 1.50 bits per heavy atom. The van der Waals surface area contributed by atoms with Crippen LogP contribution in [0.15, 0.2) is 23.6 Å². The van der Waals surface area contributed by atoms with Gasteiger partial charge in [0.15, 0.2) is 6.29 Å². The summed E-state index contributed by atoms with van der Waals surface area (Å²) in [4.78, 5) is 17.2. The lowest BCUT2D eigenvalue weighted by molar-refractivity contribution is 0.112. The zero-order valence-corrected chi connectivity index (χ0v) is 11.8. The molecule has 1 aromatic heterocycles. The summed E-state index contributed by atoms with van der Waals surface area (Å²) in [5, 5.41) is 3.59. The number of aryl methyl sites for hydroxylation is 1. The second-order valence-corrected chi connectivity index (χ2v) is 5.51. The molecule has 0 aliphatic rings. The van der Waals surface area contributed by atoms with Crippen molar-refractivity contribution < 1.29 is 4.79 Å². The van der Waals surface area contributed by atoms with Crippen LogP contribution in [-0.2, 0) is 6.54 Å². The summed E-state index contributed by atoms with van der Waals surface area (Å²) < 4.78 is 0. The molecule has 0 N–H and O–H groups in total. The Balaban J connectivity index is 2.16. The molecule has 5 heteroatoms. The second kappa shape index (κ2) is 5.50. The molecule has 1 heterocycles. The van der Waals surface area contributed by atoms with Crippen LogP contribution in [0.5, 0.6) is 0 Å². The van der Waals surface area contributed by atoms with Crippen molar-refractivity contribution in [3.8, 4) is 0 Å². The summed E-state index contributed by atoms with van der Waals surface area (Å²) in [6, 6.07) is 5.41. The van der Waals surface area contributed by atoms with E-state index in [2.05, 4.69) is 9.88 Å². The van der Waals surface area contributed by atoms with E-state index < -0.39 is 0 Å². The highest BCUT2D eigenvalue weighted by molar-refractivity contribution is 7.09. The highest BCUT2D eigenvalue weighted by Gasteiger charge is 2.07. The molecule has 0 saturated heterocycles. The Morgan fingerprint density at radius 3 is 2.83 bits per heavy atom. The first-order chi connectivity index (χ1) is 8.60. The van der Waals surface area contributed by atoms with Gasteiger partial charge >= 0.3 is 0 Å². The molecule has 0 amide bonds. The van der Waals surface area contributed by atoms with Crippen LogP contribution in [0.3, 0.4) is 0 Å². The average Bonchev–Trinajstić information content (AvgIpc) is 2.74. The molecule has 0 aliphatic carbocycles. The number of anilines is 1. The summed E-state index contributed by atoms with van der Waals surface area (Å²) in [6.45, 7) is 2.71. The summed E-state index contributed by atoms with van der Waals surface area (Å²) in [5.74, 6) is 0. The first kappa shape index (κ1) is 13.1. The number of carbonyl (C=O) groups excluding carboxylic acids is 1. The van der Waals surface area contributed by atoms with E-state index in [0.29, 0.717) is 10.6 Å². The molecular formula is C13H13ClN2OS. The van der Waals surface area contributed by atoms with Crippen LogP contribution < -0.4 is 4.90 Å². The number of hydrogen-bond acceptors (Lipinski definition) is 4. The SMILES string of the molecule is Cc1nc(CN(C)c2ccc(C=O)c(Cl)c2)cs1. The third-order valence-corrected chi connectivity index (χ3v) is 3.77. The van der Waals surface area contributed by atoms with Gasteiger partial charge in [0.05, 0.1) is 22.3 Å². The van der Waals surface area contributed by atoms with E-state index in [-0.39, 0.29) is 0 Å². The van der Waals surface area contributed by atoms with Crippen LogP contribution in [0.2, 0.25) is 5.02 Å². The number of halogens is 1. The number of hydrogen-bond donors (Lipinski definition) is 0. The van der Waals surface area contributed by atoms with E-state index in [1.165, 1.54) is 0 Å². The number of nitrogens with zero attached hydrogens (tertiary/aromatic N) is 2. The van der Waals surface area contributed by atoms with Crippen molar-refractivity contribution in [3.05, 3.63) is 44.9 Å². The lowest BCUT2D eigenvalue weighted by Gasteiger charge is -2.18. The van der Waals surface area contributed by atoms with Gasteiger partial charge in [-0.05, 0) is 25.1 Å². The van der Waals surface area contributed by atoms with Crippen molar-refractivity contribution in [1.29, 1.82) is 0 Å². The van der Waals surface area contributed by atoms with Crippen LogP contribution in [0.4, 0.5) is 5.69 Å². The van der Waals surface area contributed by atoms with Gasteiger partial charge in [-0.15, -0.1) is 11.3 Å². The smallest absolute Gasteiger partial charge is 0.151 e. The van der Waals surface area contributed by atoms with Gasteiger partial charge < -0.3 is 4.90 Å². The van der Waals surface area contributed by atoms with Gasteiger partial charge in [-0.2, -0.15) is 0 Å². The average molecular weight is 281 g/mol. The van der Waals surface area contributed by atoms with Crippen LogP contribution in [0.1, 0.15) is 21.1 Å². The summed E-state index contributed by atoms with van der Waals surface area (Å²) in [7, 11) is 1.97. The minimum absolute atomic E-state index is 0.476. The predicted molar refractivity (Wildman–Crippen MR) is 75.8 cm³/mol. The lowest BCUT2D eigenvalue weighted by atomic mass is 10.2. The molecule has 94 valence electrons. The first-order valence-corrected chi connectivity index (χ1v) is 6.73. The molecule has 0 spiro atoms. The van der Waals surface area contributed by atoms with Crippen molar-refractivity contribution in [2.75, 3.05) is 11.9 Å². The maximum absolute atomic E-state index is 10.7. The Bertz CT molecular complexity index is 568. The summed E-state index contributed by atoms with van der Waals surface area (Å²) in [6.07, 6.45) is 0.760. The monoisotopic (exact) mass is 280 g/mol. The number of aromatic nitrogens is 1. The zero-order chi connectivity index (χ0) is 13.1. The van der Waals surface area contributed by atoms with E-state index in [4.69, 9.17) is 11.6 Å². The molecule has 0 bridgehead atoms. The molecule has 0 saturated carbocycles. The molecule has 18 heavy (non-hydrogen) atoms. The minimum atomic E-state index is 0.476. The van der Waals surface area contributed by atoms with E-state index >= 15 is 0 Å². The fourth-order valence-corrected chi connectivity index (χ4v) is 2.49. The normalized spacial score (nSPS) is 10.4. The van der Waals surface area contributed by atoms with Gasteiger partial charge in [-0.1, -0.05) is 11.6 Å². The quantitative estimate of drug-likeness (QED) is 0.803. The molecule has 2 aromatic rings. The zero-order valence-electron chi connectivity index (χ0n) is 10.2. The first-order valence-electron chi connectivity index (χ1n) is 5.47. The number of aldehydes is 1. The molecule has 0 aliphatic heterocycles. The number of carbonyl (C=O) groups is 1. The molecule has 2 rings (SSSR count). The number of rotatable bonds is 4. The largest absolute Gasteiger partial charge is 0.369 e. The van der Waals surface area contributed by atoms with Gasteiger partial charge in [0.1, 0.15) is 0 Å². The standard InChI is InChI=1S/C13H13ClN2OS/c1-9-15-11(8-18-9)6-16(2)12-4-3-10(7-17)13(14)5-12/h3-5,7-8H,6H2,1-2H3. The van der Waals surface area contributed by atoms with Gasteiger partial charge in [-0.3, -0.25) is 4.79 Å². The number of benzene rings is 1. The summed E-state index contributed by atoms with van der Waals surface area (Å²) >= 11 is 7.65. The maximum Gasteiger partial charge on any atom is 0.151 e. The predicted octanol–water partition coefficient (Wildman–Crippen LogP) is 3.55. The Morgan fingerprint density at radius 2 is 2.28 bits per heavy atom. The van der Waals surface area contributed by atoms with E-state index in [0.717, 1.165) is 29.2 Å². The Hall–Kier alpha value is -1.39. The van der Waals surface area contributed by atoms with Gasteiger partial charge in [-0.25, -0.2) is 4.98 Å². The van der Waals surface area contributed by atoms with Crippen molar-refractivity contribution in [2.45, 2.75) is 13.5 Å². The second-order valence-electron chi connectivity index (χ2n) is 4.04. The van der Waals surface area contributed by atoms with Gasteiger partial charge in [0, 0.05) is 23.7 Å². The minimum Gasteiger partial charge on any atom is -0.369 e. The third-order valence-electron chi connectivity index (χ3n) is 2.62. The van der Waals surface area contributed by atoms with Crippen LogP contribution in [0.25, 0.3) is 0 Å². The third kappa shape index (κ3) is 2.89. The van der Waals surface area contributed by atoms with Crippen LogP contribution >= 0.6 is 22.9 Å². The van der Waals surface area contributed by atoms with E-state index in [9.17, 15) is 4.79 Å². The molecule has 1 aromatic carbocycles. The van der Waals surface area contributed by atoms with Crippen molar-refractivity contribution in [2.24, 2.45) is 0 Å². The lowest BCUT2D eigenvalue weighted by Crippen LogP contribution is -2.16. The Kier molecular flexibility index (Phi) is 3.99. The van der Waals surface area contributed by atoms with Gasteiger partial charge in [0.2, 0.25) is 0 Å². The fraction of sp³-hybridized carbons (Fsp3) is 0.231. The molecule has 0 unspecified atom stereocenters. The van der Waals surface area contributed by atoms with Gasteiger partial charge in [0.25, 0.3) is 0 Å². The summed E-state index contributed by atoms with van der Waals surface area (Å²) in [5.41, 5.74) is 2.52. The Labute approximate surface area is 115 Å². The highest BCUT2D eigenvalue weighted by atomic mass is 35.5. The van der Waals surface area contributed by atoms with E-state index in [1.54, 1.807) is 23.5 Å². The number of thiazole rings is 1. The molecule has 0 atom stereocenters. The highest BCUT2D eigenvalue weighted by Crippen LogP contribution is 2.23. The molecule has 0 fully saturated rings. The van der Waals surface area contributed by atoms with Crippen LogP contribution in [0, 0.1) is 6.92 Å². The molecular weight excluding hydrogens is 268 g/mol. The maximum atomic E-state index is 10.7. The van der Waals surface area contributed by atoms with Crippen LogP contribution in [-0.4, -0.2) is 18.3 Å². The molecule has 3 nitrogen and oxygen atoms in total. The van der Waals surface area contributed by atoms with E-state index in [1.807, 2.05) is 25.4 Å². The van der Waals surface area contributed by atoms with Crippen molar-refractivity contribution in [3.63, 3.8) is 0 Å².